The van der Waals surface area contributed by atoms with Crippen molar-refractivity contribution >= 4 is 5.78 Å². The summed E-state index contributed by atoms with van der Waals surface area (Å²) in [5, 5.41) is 3.18. The Bertz CT molecular complexity index is 380. The number of nitrogens with one attached hydrogen (secondary N) is 1. The summed E-state index contributed by atoms with van der Waals surface area (Å²) in [7, 11) is 0. The number of ether oxygens (including phenoxy) is 1. The molecular weight excluding hydrogens is 226 g/mol. The van der Waals surface area contributed by atoms with Gasteiger partial charge in [-0.15, -0.1) is 0 Å². The first kappa shape index (κ1) is 13.2. The molecule has 0 radical (unpaired) electrons. The number of benzene rings is 1. The van der Waals surface area contributed by atoms with Crippen molar-refractivity contribution in [1.82, 2.24) is 5.32 Å². The van der Waals surface area contributed by atoms with Gasteiger partial charge in [-0.3, -0.25) is 4.79 Å². The maximum atomic E-state index is 11.9. The van der Waals surface area contributed by atoms with Gasteiger partial charge in [0, 0.05) is 18.7 Å². The molecule has 1 N–H and O–H groups in total. The molecule has 18 heavy (non-hydrogen) atoms. The zero-order chi connectivity index (χ0) is 12.8. The predicted molar refractivity (Wildman–Crippen MR) is 72.0 cm³/mol. The SMILES string of the molecule is CCc1ccc(C(=O)CNCC2CCCO2)cc1. The fourth-order valence-electron chi connectivity index (χ4n) is 2.18. The minimum Gasteiger partial charge on any atom is -0.377 e. The van der Waals surface area contributed by atoms with Crippen molar-refractivity contribution in [3.63, 3.8) is 0 Å². The van der Waals surface area contributed by atoms with Crippen molar-refractivity contribution in [1.29, 1.82) is 0 Å². The van der Waals surface area contributed by atoms with Gasteiger partial charge in [-0.2, -0.15) is 0 Å². The lowest BCUT2D eigenvalue weighted by Gasteiger charge is -2.10. The molecule has 1 heterocycles. The number of rotatable bonds is 6. The van der Waals surface area contributed by atoms with Gasteiger partial charge in [0.2, 0.25) is 0 Å². The van der Waals surface area contributed by atoms with Crippen LogP contribution >= 0.6 is 0 Å². The Balaban J connectivity index is 1.76. The van der Waals surface area contributed by atoms with Crippen LogP contribution in [0.1, 0.15) is 35.7 Å². The molecule has 1 aliphatic rings. The molecular formula is C15H21NO2. The smallest absolute Gasteiger partial charge is 0.176 e. The van der Waals surface area contributed by atoms with E-state index in [1.54, 1.807) is 0 Å². The summed E-state index contributed by atoms with van der Waals surface area (Å²) in [4.78, 5) is 11.9. The summed E-state index contributed by atoms with van der Waals surface area (Å²) < 4.78 is 5.50. The van der Waals surface area contributed by atoms with Gasteiger partial charge in [0.1, 0.15) is 0 Å². The van der Waals surface area contributed by atoms with E-state index < -0.39 is 0 Å². The second kappa shape index (κ2) is 6.66. The lowest BCUT2D eigenvalue weighted by Crippen LogP contribution is -2.30. The highest BCUT2D eigenvalue weighted by Crippen LogP contribution is 2.10. The quantitative estimate of drug-likeness (QED) is 0.783. The van der Waals surface area contributed by atoms with Crippen LogP contribution in [0.4, 0.5) is 0 Å². The van der Waals surface area contributed by atoms with Gasteiger partial charge in [-0.1, -0.05) is 31.2 Å². The van der Waals surface area contributed by atoms with Crippen LogP contribution in [0.5, 0.6) is 0 Å². The van der Waals surface area contributed by atoms with Crippen molar-refractivity contribution < 1.29 is 9.53 Å². The first-order valence-corrected chi connectivity index (χ1v) is 6.74. The lowest BCUT2D eigenvalue weighted by molar-refractivity contribution is 0.0955. The summed E-state index contributed by atoms with van der Waals surface area (Å²) in [5.74, 6) is 0.149. The molecule has 3 heteroatoms. The van der Waals surface area contributed by atoms with Crippen molar-refractivity contribution in [2.24, 2.45) is 0 Å². The molecule has 1 aliphatic heterocycles. The van der Waals surface area contributed by atoms with E-state index in [4.69, 9.17) is 4.74 Å². The Morgan fingerprint density at radius 1 is 1.39 bits per heavy atom. The largest absolute Gasteiger partial charge is 0.377 e. The zero-order valence-electron chi connectivity index (χ0n) is 10.9. The van der Waals surface area contributed by atoms with Crippen LogP contribution in [0.2, 0.25) is 0 Å². The maximum Gasteiger partial charge on any atom is 0.176 e. The molecule has 0 saturated carbocycles. The highest BCUT2D eigenvalue weighted by atomic mass is 16.5. The average molecular weight is 247 g/mol. The van der Waals surface area contributed by atoms with Crippen molar-refractivity contribution in [2.45, 2.75) is 32.3 Å². The van der Waals surface area contributed by atoms with E-state index in [1.807, 2.05) is 24.3 Å². The van der Waals surface area contributed by atoms with E-state index in [9.17, 15) is 4.79 Å². The van der Waals surface area contributed by atoms with Crippen LogP contribution in [0.3, 0.4) is 0 Å². The van der Waals surface area contributed by atoms with E-state index in [1.165, 1.54) is 5.56 Å². The Morgan fingerprint density at radius 3 is 2.78 bits per heavy atom. The van der Waals surface area contributed by atoms with Gasteiger partial charge in [0.05, 0.1) is 12.6 Å². The number of aryl methyl sites for hydroxylation is 1. The second-order valence-electron chi connectivity index (χ2n) is 4.74. The van der Waals surface area contributed by atoms with Gasteiger partial charge >= 0.3 is 0 Å². The molecule has 1 saturated heterocycles. The minimum atomic E-state index is 0.149. The fraction of sp³-hybridized carbons (Fsp3) is 0.533. The van der Waals surface area contributed by atoms with Crippen molar-refractivity contribution in [2.75, 3.05) is 19.7 Å². The number of carbonyl (C=O) groups excluding carboxylic acids is 1. The molecule has 1 aromatic rings. The standard InChI is InChI=1S/C15H21NO2/c1-2-12-5-7-13(8-6-12)15(17)11-16-10-14-4-3-9-18-14/h5-8,14,16H,2-4,9-11H2,1H3. The van der Waals surface area contributed by atoms with Gasteiger partial charge < -0.3 is 10.1 Å². The molecule has 0 bridgehead atoms. The van der Waals surface area contributed by atoms with Gasteiger partial charge in [0.15, 0.2) is 5.78 Å². The first-order chi connectivity index (χ1) is 8.79. The maximum absolute atomic E-state index is 11.9. The van der Waals surface area contributed by atoms with E-state index in [0.29, 0.717) is 12.6 Å². The summed E-state index contributed by atoms with van der Waals surface area (Å²) in [6.45, 7) is 4.14. The number of ketones is 1. The molecule has 0 aromatic heterocycles. The summed E-state index contributed by atoms with van der Waals surface area (Å²) in [6.07, 6.45) is 3.54. The molecule has 2 rings (SSSR count). The van der Waals surface area contributed by atoms with Crippen LogP contribution in [-0.2, 0) is 11.2 Å². The second-order valence-corrected chi connectivity index (χ2v) is 4.74. The number of Topliss-reactive ketones (excluding diaryl/α,β-unsaturated/α-hetero) is 1. The van der Waals surface area contributed by atoms with Gasteiger partial charge in [0.25, 0.3) is 0 Å². The van der Waals surface area contributed by atoms with E-state index >= 15 is 0 Å². The Morgan fingerprint density at radius 2 is 2.17 bits per heavy atom. The lowest BCUT2D eigenvalue weighted by atomic mass is 10.1. The number of hydrogen-bond acceptors (Lipinski definition) is 3. The number of hydrogen-bond donors (Lipinski definition) is 1. The molecule has 98 valence electrons. The normalized spacial score (nSPS) is 19.1. The van der Waals surface area contributed by atoms with Crippen LogP contribution in [0.15, 0.2) is 24.3 Å². The summed E-state index contributed by atoms with van der Waals surface area (Å²) in [6, 6.07) is 7.87. The highest BCUT2D eigenvalue weighted by molar-refractivity contribution is 5.97. The molecule has 1 fully saturated rings. The predicted octanol–water partition coefficient (Wildman–Crippen LogP) is 2.20. The fourth-order valence-corrected chi connectivity index (χ4v) is 2.18. The van der Waals surface area contributed by atoms with Crippen LogP contribution in [0, 0.1) is 0 Å². The third-order valence-electron chi connectivity index (χ3n) is 3.37. The van der Waals surface area contributed by atoms with Crippen molar-refractivity contribution in [3.05, 3.63) is 35.4 Å². The molecule has 1 unspecified atom stereocenters. The highest BCUT2D eigenvalue weighted by Gasteiger charge is 2.15. The van der Waals surface area contributed by atoms with E-state index in [0.717, 1.165) is 38.0 Å². The number of carbonyl (C=O) groups is 1. The van der Waals surface area contributed by atoms with Gasteiger partial charge in [-0.25, -0.2) is 0 Å². The molecule has 0 aliphatic carbocycles. The van der Waals surface area contributed by atoms with E-state index in [2.05, 4.69) is 12.2 Å². The Kier molecular flexibility index (Phi) is 4.90. The molecule has 0 spiro atoms. The topological polar surface area (TPSA) is 38.3 Å². The third kappa shape index (κ3) is 3.65. The average Bonchev–Trinajstić information content (AvgIpc) is 2.92. The first-order valence-electron chi connectivity index (χ1n) is 6.74. The Labute approximate surface area is 109 Å². The zero-order valence-corrected chi connectivity index (χ0v) is 10.9. The molecule has 0 amide bonds. The van der Waals surface area contributed by atoms with Crippen LogP contribution in [0.25, 0.3) is 0 Å². The minimum absolute atomic E-state index is 0.149. The van der Waals surface area contributed by atoms with E-state index in [-0.39, 0.29) is 5.78 Å². The Hall–Kier alpha value is -1.19. The molecule has 1 aromatic carbocycles. The summed E-state index contributed by atoms with van der Waals surface area (Å²) in [5.41, 5.74) is 2.05. The molecule has 3 nitrogen and oxygen atoms in total. The summed E-state index contributed by atoms with van der Waals surface area (Å²) >= 11 is 0. The molecule has 1 atom stereocenters. The van der Waals surface area contributed by atoms with Crippen LogP contribution in [-0.4, -0.2) is 31.6 Å². The van der Waals surface area contributed by atoms with Gasteiger partial charge in [-0.05, 0) is 24.8 Å². The van der Waals surface area contributed by atoms with Crippen molar-refractivity contribution in [3.8, 4) is 0 Å². The van der Waals surface area contributed by atoms with Crippen LogP contribution < -0.4 is 5.32 Å². The third-order valence-corrected chi connectivity index (χ3v) is 3.37. The monoisotopic (exact) mass is 247 g/mol.